The number of aliphatic carboxylic acids is 1. The van der Waals surface area contributed by atoms with Crippen LogP contribution in [0.3, 0.4) is 0 Å². The Bertz CT molecular complexity index is 512. The fraction of sp³-hybridized carbons (Fsp3) is 0.182. The third-order valence-corrected chi connectivity index (χ3v) is 3.06. The molecule has 88 valence electrons. The molecule has 0 aromatic carbocycles. The zero-order valence-electron chi connectivity index (χ0n) is 9.12. The molecule has 2 aromatic heterocycles. The number of carboxylic acid groups (broad SMARTS) is 1. The third-order valence-electron chi connectivity index (χ3n) is 2.17. The molecule has 5 nitrogen and oxygen atoms in total. The van der Waals surface area contributed by atoms with Crippen LogP contribution in [0.5, 0.6) is 0 Å². The summed E-state index contributed by atoms with van der Waals surface area (Å²) in [6, 6.07) is 3.08. The quantitative estimate of drug-likeness (QED) is 0.867. The van der Waals surface area contributed by atoms with Crippen LogP contribution in [-0.4, -0.2) is 27.1 Å². The van der Waals surface area contributed by atoms with E-state index in [0.717, 1.165) is 10.6 Å². The summed E-state index contributed by atoms with van der Waals surface area (Å²) in [4.78, 5) is 18.9. The minimum absolute atomic E-state index is 0.580. The summed E-state index contributed by atoms with van der Waals surface area (Å²) in [5.41, 5.74) is 0.973. The van der Waals surface area contributed by atoms with E-state index in [1.165, 1.54) is 11.3 Å². The summed E-state index contributed by atoms with van der Waals surface area (Å²) in [5, 5.41) is 14.2. The van der Waals surface area contributed by atoms with Crippen molar-refractivity contribution in [3.8, 4) is 10.6 Å². The van der Waals surface area contributed by atoms with Crippen molar-refractivity contribution in [2.24, 2.45) is 0 Å². The third kappa shape index (κ3) is 2.79. The van der Waals surface area contributed by atoms with Gasteiger partial charge in [0, 0.05) is 23.3 Å². The number of hydrogen-bond acceptors (Lipinski definition) is 5. The van der Waals surface area contributed by atoms with Crippen molar-refractivity contribution < 1.29 is 9.90 Å². The van der Waals surface area contributed by atoms with E-state index in [1.54, 1.807) is 24.7 Å². The van der Waals surface area contributed by atoms with Gasteiger partial charge in [0.05, 0.1) is 0 Å². The molecule has 0 bridgehead atoms. The molecular formula is C11H11N3O2S. The molecule has 0 aliphatic rings. The number of aromatic nitrogens is 2. The van der Waals surface area contributed by atoms with Gasteiger partial charge in [0.1, 0.15) is 16.9 Å². The lowest BCUT2D eigenvalue weighted by atomic mass is 10.3. The molecule has 0 saturated carbocycles. The van der Waals surface area contributed by atoms with Crippen LogP contribution in [0.25, 0.3) is 10.6 Å². The maximum atomic E-state index is 10.7. The highest BCUT2D eigenvalue weighted by atomic mass is 32.1. The van der Waals surface area contributed by atoms with Gasteiger partial charge in [0.25, 0.3) is 0 Å². The average molecular weight is 249 g/mol. The second kappa shape index (κ2) is 4.92. The molecule has 2 N–H and O–H groups in total. The average Bonchev–Trinajstić information content (AvgIpc) is 2.78. The number of nitrogens with one attached hydrogen (secondary N) is 1. The van der Waals surface area contributed by atoms with Crippen LogP contribution in [0, 0.1) is 0 Å². The largest absolute Gasteiger partial charge is 0.480 e. The predicted molar refractivity (Wildman–Crippen MR) is 66.1 cm³/mol. The van der Waals surface area contributed by atoms with E-state index in [1.807, 2.05) is 12.1 Å². The van der Waals surface area contributed by atoms with Crippen LogP contribution in [-0.2, 0) is 4.79 Å². The fourth-order valence-electron chi connectivity index (χ4n) is 1.25. The van der Waals surface area contributed by atoms with Crippen molar-refractivity contribution in [1.82, 2.24) is 9.97 Å². The first kappa shape index (κ1) is 11.5. The van der Waals surface area contributed by atoms with Gasteiger partial charge in [0.2, 0.25) is 0 Å². The lowest BCUT2D eigenvalue weighted by molar-refractivity contribution is -0.137. The first-order valence-electron chi connectivity index (χ1n) is 5.02. The van der Waals surface area contributed by atoms with Gasteiger partial charge in [-0.25, -0.2) is 4.98 Å². The molecule has 1 atom stereocenters. The Hall–Kier alpha value is -1.95. The molecular weight excluding hydrogens is 238 g/mol. The molecule has 0 aliphatic heterocycles. The number of pyridine rings is 1. The van der Waals surface area contributed by atoms with E-state index in [2.05, 4.69) is 15.3 Å². The smallest absolute Gasteiger partial charge is 0.325 e. The molecule has 2 rings (SSSR count). The van der Waals surface area contributed by atoms with Crippen LogP contribution in [0.1, 0.15) is 6.92 Å². The van der Waals surface area contributed by atoms with Crippen molar-refractivity contribution >= 4 is 23.1 Å². The van der Waals surface area contributed by atoms with E-state index in [0.29, 0.717) is 5.82 Å². The topological polar surface area (TPSA) is 75.1 Å². The van der Waals surface area contributed by atoms with Crippen LogP contribution in [0.4, 0.5) is 5.82 Å². The van der Waals surface area contributed by atoms with Gasteiger partial charge in [-0.05, 0) is 19.1 Å². The minimum Gasteiger partial charge on any atom is -0.480 e. The Balaban J connectivity index is 2.14. The number of anilines is 1. The predicted octanol–water partition coefficient (Wildman–Crippen LogP) is 2.09. The van der Waals surface area contributed by atoms with Crippen molar-refractivity contribution in [3.05, 3.63) is 29.9 Å². The highest BCUT2D eigenvalue weighted by Crippen LogP contribution is 2.25. The van der Waals surface area contributed by atoms with E-state index in [4.69, 9.17) is 5.11 Å². The number of carboxylic acids is 1. The molecule has 2 aromatic rings. The lowest BCUT2D eigenvalue weighted by Gasteiger charge is -2.06. The van der Waals surface area contributed by atoms with Crippen molar-refractivity contribution in [2.75, 3.05) is 5.32 Å². The van der Waals surface area contributed by atoms with E-state index in [-0.39, 0.29) is 0 Å². The number of nitrogens with zero attached hydrogens (tertiary/aromatic N) is 2. The summed E-state index contributed by atoms with van der Waals surface area (Å²) in [6.45, 7) is 1.58. The summed E-state index contributed by atoms with van der Waals surface area (Å²) < 4.78 is 0. The van der Waals surface area contributed by atoms with Crippen molar-refractivity contribution in [2.45, 2.75) is 13.0 Å². The lowest BCUT2D eigenvalue weighted by Crippen LogP contribution is -2.25. The Morgan fingerprint density at radius 2 is 2.18 bits per heavy atom. The van der Waals surface area contributed by atoms with Gasteiger partial charge in [-0.3, -0.25) is 9.78 Å². The highest BCUT2D eigenvalue weighted by molar-refractivity contribution is 7.13. The van der Waals surface area contributed by atoms with Gasteiger partial charge >= 0.3 is 5.97 Å². The molecule has 2 heterocycles. The zero-order valence-corrected chi connectivity index (χ0v) is 9.94. The first-order chi connectivity index (χ1) is 8.16. The molecule has 0 aliphatic carbocycles. The SMILES string of the molecule is CC(Nc1csc(-c2ccncc2)n1)C(=O)O. The Morgan fingerprint density at radius 3 is 2.82 bits per heavy atom. The molecule has 0 fully saturated rings. The van der Waals surface area contributed by atoms with Crippen LogP contribution in [0.2, 0.25) is 0 Å². The van der Waals surface area contributed by atoms with Gasteiger partial charge in [-0.2, -0.15) is 0 Å². The summed E-state index contributed by atoms with van der Waals surface area (Å²) >= 11 is 1.46. The second-order valence-corrected chi connectivity index (χ2v) is 4.34. The number of carbonyl (C=O) groups is 1. The Labute approximate surface area is 102 Å². The van der Waals surface area contributed by atoms with Gasteiger partial charge in [0.15, 0.2) is 0 Å². The van der Waals surface area contributed by atoms with Crippen molar-refractivity contribution in [3.63, 3.8) is 0 Å². The molecule has 0 saturated heterocycles. The van der Waals surface area contributed by atoms with E-state index in [9.17, 15) is 4.79 Å². The van der Waals surface area contributed by atoms with Crippen LogP contribution in [0.15, 0.2) is 29.9 Å². The fourth-order valence-corrected chi connectivity index (χ4v) is 2.02. The summed E-state index contributed by atoms with van der Waals surface area (Å²) in [6.07, 6.45) is 3.40. The second-order valence-electron chi connectivity index (χ2n) is 3.48. The highest BCUT2D eigenvalue weighted by Gasteiger charge is 2.12. The van der Waals surface area contributed by atoms with Crippen molar-refractivity contribution in [1.29, 1.82) is 0 Å². The number of rotatable bonds is 4. The normalized spacial score (nSPS) is 12.1. The van der Waals surface area contributed by atoms with Gasteiger partial charge < -0.3 is 10.4 Å². The molecule has 6 heteroatoms. The zero-order chi connectivity index (χ0) is 12.3. The summed E-state index contributed by atoms with van der Waals surface area (Å²) in [5.74, 6) is -0.319. The number of hydrogen-bond donors (Lipinski definition) is 2. The number of thiazole rings is 1. The molecule has 1 unspecified atom stereocenters. The monoisotopic (exact) mass is 249 g/mol. The summed E-state index contributed by atoms with van der Waals surface area (Å²) in [7, 11) is 0. The van der Waals surface area contributed by atoms with E-state index < -0.39 is 12.0 Å². The molecule has 17 heavy (non-hydrogen) atoms. The maximum Gasteiger partial charge on any atom is 0.325 e. The molecule has 0 amide bonds. The minimum atomic E-state index is -0.900. The molecule has 0 spiro atoms. The van der Waals surface area contributed by atoms with E-state index >= 15 is 0 Å². The Morgan fingerprint density at radius 1 is 1.47 bits per heavy atom. The first-order valence-corrected chi connectivity index (χ1v) is 5.90. The van der Waals surface area contributed by atoms with Crippen LogP contribution >= 0.6 is 11.3 Å². The standard InChI is InChI=1S/C11H11N3O2S/c1-7(11(15)16)13-9-6-17-10(14-9)8-2-4-12-5-3-8/h2-7,13H,1H3,(H,15,16). The Kier molecular flexibility index (Phi) is 3.34. The molecule has 0 radical (unpaired) electrons. The van der Waals surface area contributed by atoms with Gasteiger partial charge in [-0.15, -0.1) is 11.3 Å². The maximum absolute atomic E-state index is 10.7. The van der Waals surface area contributed by atoms with Crippen LogP contribution < -0.4 is 5.32 Å². The van der Waals surface area contributed by atoms with Gasteiger partial charge in [-0.1, -0.05) is 0 Å².